The monoisotopic (exact) mass is 290 g/mol. The van der Waals surface area contributed by atoms with Gasteiger partial charge >= 0.3 is 0 Å². The molecular weight excluding hydrogens is 272 g/mol. The van der Waals surface area contributed by atoms with Gasteiger partial charge in [-0.1, -0.05) is 6.07 Å². The van der Waals surface area contributed by atoms with E-state index in [9.17, 15) is 14.7 Å². The first kappa shape index (κ1) is 14.0. The van der Waals surface area contributed by atoms with Crippen LogP contribution in [0.15, 0.2) is 18.2 Å². The van der Waals surface area contributed by atoms with Crippen LogP contribution >= 0.6 is 0 Å². The Labute approximate surface area is 122 Å². The first-order valence-corrected chi connectivity index (χ1v) is 7.06. The third kappa shape index (κ3) is 2.77. The number of anilines is 1. The van der Waals surface area contributed by atoms with Crippen molar-refractivity contribution >= 4 is 17.5 Å². The Balaban J connectivity index is 1.76. The summed E-state index contributed by atoms with van der Waals surface area (Å²) >= 11 is 0. The normalized spacial score (nSPS) is 19.8. The molecule has 0 unspecified atom stereocenters. The van der Waals surface area contributed by atoms with E-state index in [-0.39, 0.29) is 18.4 Å². The second-order valence-electron chi connectivity index (χ2n) is 5.60. The van der Waals surface area contributed by atoms with E-state index < -0.39 is 5.54 Å². The fraction of sp³-hybridized carbons (Fsp3) is 0.467. The van der Waals surface area contributed by atoms with E-state index in [2.05, 4.69) is 10.6 Å². The van der Waals surface area contributed by atoms with Crippen molar-refractivity contribution in [1.82, 2.24) is 5.32 Å². The number of carbonyl (C=O) groups is 2. The Morgan fingerprint density at radius 1 is 1.38 bits per heavy atom. The quantitative estimate of drug-likeness (QED) is 0.754. The zero-order valence-electron chi connectivity index (χ0n) is 11.6. The highest BCUT2D eigenvalue weighted by atomic mass is 16.5. The van der Waals surface area contributed by atoms with Gasteiger partial charge in [0.25, 0.3) is 5.91 Å². The summed E-state index contributed by atoms with van der Waals surface area (Å²) in [5, 5.41) is 15.3. The second kappa shape index (κ2) is 5.46. The van der Waals surface area contributed by atoms with Crippen molar-refractivity contribution in [3.63, 3.8) is 0 Å². The summed E-state index contributed by atoms with van der Waals surface area (Å²) in [5.41, 5.74) is 1.46. The number of hydrogen-bond donors (Lipinski definition) is 3. The molecule has 0 radical (unpaired) electrons. The molecule has 1 aromatic rings. The molecule has 6 heteroatoms. The predicted molar refractivity (Wildman–Crippen MR) is 76.1 cm³/mol. The molecule has 2 aliphatic rings. The highest BCUT2D eigenvalue weighted by Crippen LogP contribution is 2.25. The minimum absolute atomic E-state index is 0.0567. The molecule has 0 atom stereocenters. The molecular formula is C15H18N2O4. The molecule has 0 spiro atoms. The van der Waals surface area contributed by atoms with Gasteiger partial charge in [-0.3, -0.25) is 9.59 Å². The number of nitrogens with one attached hydrogen (secondary N) is 2. The van der Waals surface area contributed by atoms with E-state index >= 15 is 0 Å². The van der Waals surface area contributed by atoms with Crippen LogP contribution in [0.5, 0.6) is 0 Å². The first-order chi connectivity index (χ1) is 10.1. The second-order valence-corrected chi connectivity index (χ2v) is 5.60. The molecule has 1 aromatic carbocycles. The van der Waals surface area contributed by atoms with Crippen LogP contribution in [0.4, 0.5) is 5.69 Å². The molecule has 1 saturated heterocycles. The smallest absolute Gasteiger partial charge is 0.251 e. The van der Waals surface area contributed by atoms with Gasteiger partial charge in [-0.15, -0.1) is 0 Å². The van der Waals surface area contributed by atoms with Gasteiger partial charge in [0.05, 0.1) is 18.6 Å². The third-order valence-electron chi connectivity index (χ3n) is 4.13. The Morgan fingerprint density at radius 3 is 2.86 bits per heavy atom. The lowest BCUT2D eigenvalue weighted by Gasteiger charge is -2.36. The van der Waals surface area contributed by atoms with E-state index in [1.165, 1.54) is 0 Å². The molecule has 3 rings (SSSR count). The van der Waals surface area contributed by atoms with Crippen LogP contribution in [0.2, 0.25) is 0 Å². The fourth-order valence-electron chi connectivity index (χ4n) is 2.75. The van der Waals surface area contributed by atoms with Crippen LogP contribution in [-0.4, -0.2) is 42.3 Å². The SMILES string of the molecule is O=C1Cc2ccc(C(=O)NC3(CO)CCOCC3)cc2N1. The van der Waals surface area contributed by atoms with E-state index in [0.29, 0.717) is 43.7 Å². The molecule has 3 N–H and O–H groups in total. The minimum Gasteiger partial charge on any atom is -0.394 e. The third-order valence-corrected chi connectivity index (χ3v) is 4.13. The maximum absolute atomic E-state index is 12.4. The van der Waals surface area contributed by atoms with Gasteiger partial charge in [-0.05, 0) is 30.5 Å². The largest absolute Gasteiger partial charge is 0.394 e. The van der Waals surface area contributed by atoms with Crippen molar-refractivity contribution in [2.45, 2.75) is 24.8 Å². The molecule has 1 fully saturated rings. The molecule has 0 aliphatic carbocycles. The Morgan fingerprint density at radius 2 is 2.14 bits per heavy atom. The zero-order chi connectivity index (χ0) is 14.9. The maximum Gasteiger partial charge on any atom is 0.251 e. The minimum atomic E-state index is -0.613. The Hall–Kier alpha value is -1.92. The van der Waals surface area contributed by atoms with Gasteiger partial charge in [0.15, 0.2) is 0 Å². The summed E-state index contributed by atoms with van der Waals surface area (Å²) in [6, 6.07) is 5.18. The molecule has 112 valence electrons. The average molecular weight is 290 g/mol. The molecule has 2 amide bonds. The summed E-state index contributed by atoms with van der Waals surface area (Å²) < 4.78 is 5.28. The molecule has 6 nitrogen and oxygen atoms in total. The topological polar surface area (TPSA) is 87.7 Å². The number of amides is 2. The fourth-order valence-corrected chi connectivity index (χ4v) is 2.75. The van der Waals surface area contributed by atoms with Gasteiger partial charge in [-0.25, -0.2) is 0 Å². The molecule has 21 heavy (non-hydrogen) atoms. The van der Waals surface area contributed by atoms with E-state index in [4.69, 9.17) is 4.74 Å². The maximum atomic E-state index is 12.4. The Kier molecular flexibility index (Phi) is 3.65. The van der Waals surface area contributed by atoms with Gasteiger partial charge in [0.1, 0.15) is 0 Å². The van der Waals surface area contributed by atoms with Gasteiger partial charge < -0.3 is 20.5 Å². The number of carbonyl (C=O) groups excluding carboxylic acids is 2. The number of rotatable bonds is 3. The van der Waals surface area contributed by atoms with Crippen molar-refractivity contribution in [1.29, 1.82) is 0 Å². The lowest BCUT2D eigenvalue weighted by Crippen LogP contribution is -2.54. The van der Waals surface area contributed by atoms with E-state index in [1.807, 2.05) is 0 Å². The van der Waals surface area contributed by atoms with Crippen molar-refractivity contribution in [2.75, 3.05) is 25.1 Å². The van der Waals surface area contributed by atoms with Crippen molar-refractivity contribution in [3.8, 4) is 0 Å². The van der Waals surface area contributed by atoms with Crippen molar-refractivity contribution < 1.29 is 19.4 Å². The summed E-state index contributed by atoms with van der Waals surface area (Å²) in [6.07, 6.45) is 1.54. The summed E-state index contributed by atoms with van der Waals surface area (Å²) in [6.45, 7) is 0.950. The van der Waals surface area contributed by atoms with Crippen LogP contribution in [0, 0.1) is 0 Å². The molecule has 2 heterocycles. The summed E-state index contributed by atoms with van der Waals surface area (Å²) in [7, 11) is 0. The van der Waals surface area contributed by atoms with Crippen LogP contribution in [0.25, 0.3) is 0 Å². The summed E-state index contributed by atoms with van der Waals surface area (Å²) in [4.78, 5) is 23.7. The van der Waals surface area contributed by atoms with E-state index in [1.54, 1.807) is 18.2 Å². The molecule has 0 aromatic heterocycles. The van der Waals surface area contributed by atoms with Crippen LogP contribution < -0.4 is 10.6 Å². The number of hydrogen-bond acceptors (Lipinski definition) is 4. The lowest BCUT2D eigenvalue weighted by molar-refractivity contribution is -0.115. The molecule has 0 saturated carbocycles. The predicted octanol–water partition coefficient (Wildman–Crippen LogP) is 0.452. The molecule has 2 aliphatic heterocycles. The Bertz CT molecular complexity index is 579. The number of aliphatic hydroxyl groups excluding tert-OH is 1. The van der Waals surface area contributed by atoms with Crippen LogP contribution in [0.3, 0.4) is 0 Å². The summed E-state index contributed by atoms with van der Waals surface area (Å²) in [5.74, 6) is -0.297. The van der Waals surface area contributed by atoms with Crippen LogP contribution in [0.1, 0.15) is 28.8 Å². The number of fused-ring (bicyclic) bond motifs is 1. The lowest BCUT2D eigenvalue weighted by atomic mass is 9.90. The van der Waals surface area contributed by atoms with Gasteiger partial charge in [-0.2, -0.15) is 0 Å². The zero-order valence-corrected chi connectivity index (χ0v) is 11.6. The molecule has 0 bridgehead atoms. The number of ether oxygens (including phenoxy) is 1. The average Bonchev–Trinajstić information content (AvgIpc) is 2.87. The highest BCUT2D eigenvalue weighted by Gasteiger charge is 2.34. The van der Waals surface area contributed by atoms with E-state index in [0.717, 1.165) is 5.56 Å². The van der Waals surface area contributed by atoms with Gasteiger partial charge in [0.2, 0.25) is 5.91 Å². The number of aliphatic hydroxyl groups is 1. The van der Waals surface area contributed by atoms with Crippen LogP contribution in [-0.2, 0) is 16.0 Å². The first-order valence-electron chi connectivity index (χ1n) is 7.06. The van der Waals surface area contributed by atoms with Gasteiger partial charge in [0, 0.05) is 24.5 Å². The highest BCUT2D eigenvalue weighted by molar-refractivity contribution is 6.02. The van der Waals surface area contributed by atoms with Crippen molar-refractivity contribution in [3.05, 3.63) is 29.3 Å². The number of benzene rings is 1. The standard InChI is InChI=1S/C15H18N2O4/c18-9-15(3-5-21-6-4-15)17-14(20)11-2-1-10-8-13(19)16-12(10)7-11/h1-2,7,18H,3-6,8-9H2,(H,16,19)(H,17,20). The van der Waals surface area contributed by atoms with Crippen molar-refractivity contribution in [2.24, 2.45) is 0 Å².